The highest BCUT2D eigenvalue weighted by Gasteiger charge is 2.21. The molecule has 0 saturated heterocycles. The van der Waals surface area contributed by atoms with Gasteiger partial charge in [-0.1, -0.05) is 46.6 Å². The second-order valence-corrected chi connectivity index (χ2v) is 8.14. The minimum absolute atomic E-state index is 0.201. The Labute approximate surface area is 175 Å². The van der Waals surface area contributed by atoms with Crippen molar-refractivity contribution in [1.29, 1.82) is 0 Å². The molecule has 0 bridgehead atoms. The van der Waals surface area contributed by atoms with E-state index in [1.54, 1.807) is 49.4 Å². The third-order valence-corrected chi connectivity index (χ3v) is 5.47. The van der Waals surface area contributed by atoms with Crippen molar-refractivity contribution in [2.24, 2.45) is 0 Å². The normalized spacial score (nSPS) is 12.0. The molecule has 2 aromatic carbocycles. The maximum atomic E-state index is 12.4. The monoisotopic (exact) mass is 441 g/mol. The van der Waals surface area contributed by atoms with Crippen molar-refractivity contribution < 1.29 is 4.79 Å². The van der Waals surface area contributed by atoms with E-state index in [1.165, 1.54) is 16.4 Å². The number of nitrogens with two attached hydrogens (primary N) is 1. The number of aromatic nitrogens is 3. The van der Waals surface area contributed by atoms with Crippen molar-refractivity contribution in [3.63, 3.8) is 0 Å². The summed E-state index contributed by atoms with van der Waals surface area (Å²) in [5.74, 6) is 6.25. The van der Waals surface area contributed by atoms with Gasteiger partial charge in [0.1, 0.15) is 0 Å². The number of anilines is 1. The van der Waals surface area contributed by atoms with Crippen molar-refractivity contribution in [3.8, 4) is 11.4 Å². The first-order chi connectivity index (χ1) is 12.8. The molecule has 140 valence electrons. The fourth-order valence-corrected chi connectivity index (χ4v) is 3.47. The minimum atomic E-state index is -0.463. The topological polar surface area (TPSA) is 85.8 Å². The third-order valence-electron chi connectivity index (χ3n) is 3.60. The van der Waals surface area contributed by atoms with E-state index in [4.69, 9.17) is 40.6 Å². The van der Waals surface area contributed by atoms with E-state index in [0.717, 1.165) is 0 Å². The zero-order chi connectivity index (χ0) is 19.6. The first-order valence-electron chi connectivity index (χ1n) is 7.74. The van der Waals surface area contributed by atoms with Crippen LogP contribution in [-0.2, 0) is 4.79 Å². The standard InChI is InChI=1S/C17H14Cl3N5OS/c1-9(16(26)22-12-5-2-10(18)3-6-12)27-17-24-23-15(25(17)21)13-8-11(19)4-7-14(13)20/h2-9H,21H2,1H3,(H,22,26). The summed E-state index contributed by atoms with van der Waals surface area (Å²) in [4.78, 5) is 12.4. The number of nitrogens with one attached hydrogen (secondary N) is 1. The molecule has 0 radical (unpaired) electrons. The third kappa shape index (κ3) is 4.68. The van der Waals surface area contributed by atoms with Crippen LogP contribution in [0.3, 0.4) is 0 Å². The number of amides is 1. The predicted molar refractivity (Wildman–Crippen MR) is 111 cm³/mol. The number of thioether (sulfide) groups is 1. The maximum Gasteiger partial charge on any atom is 0.237 e. The van der Waals surface area contributed by atoms with Gasteiger partial charge in [0.15, 0.2) is 5.82 Å². The summed E-state index contributed by atoms with van der Waals surface area (Å²) in [7, 11) is 0. The van der Waals surface area contributed by atoms with Crippen LogP contribution in [0.5, 0.6) is 0 Å². The first-order valence-corrected chi connectivity index (χ1v) is 9.75. The van der Waals surface area contributed by atoms with Crippen LogP contribution in [-0.4, -0.2) is 26.0 Å². The van der Waals surface area contributed by atoms with E-state index in [-0.39, 0.29) is 5.91 Å². The summed E-state index contributed by atoms with van der Waals surface area (Å²) in [6.45, 7) is 1.75. The van der Waals surface area contributed by atoms with E-state index in [2.05, 4.69) is 15.5 Å². The Kier molecular flexibility index (Phi) is 6.16. The van der Waals surface area contributed by atoms with E-state index in [0.29, 0.717) is 37.3 Å². The van der Waals surface area contributed by atoms with Crippen LogP contribution in [0, 0.1) is 0 Å². The van der Waals surface area contributed by atoms with Crippen LogP contribution in [0.25, 0.3) is 11.4 Å². The molecule has 1 atom stereocenters. The fraction of sp³-hybridized carbons (Fsp3) is 0.118. The van der Waals surface area contributed by atoms with Crippen molar-refractivity contribution in [3.05, 3.63) is 57.5 Å². The Hall–Kier alpha value is -1.93. The molecule has 0 aliphatic rings. The number of carbonyl (C=O) groups is 1. The largest absolute Gasteiger partial charge is 0.335 e. The lowest BCUT2D eigenvalue weighted by Gasteiger charge is -2.12. The van der Waals surface area contributed by atoms with Gasteiger partial charge in [-0.3, -0.25) is 4.79 Å². The van der Waals surface area contributed by atoms with Crippen LogP contribution < -0.4 is 11.2 Å². The lowest BCUT2D eigenvalue weighted by atomic mass is 10.2. The number of carbonyl (C=O) groups excluding carboxylic acids is 1. The van der Waals surface area contributed by atoms with E-state index in [1.807, 2.05) is 0 Å². The Morgan fingerprint density at radius 1 is 1.11 bits per heavy atom. The minimum Gasteiger partial charge on any atom is -0.335 e. The van der Waals surface area contributed by atoms with Crippen LogP contribution in [0.1, 0.15) is 6.92 Å². The quantitative estimate of drug-likeness (QED) is 0.440. The molecule has 6 nitrogen and oxygen atoms in total. The lowest BCUT2D eigenvalue weighted by molar-refractivity contribution is -0.115. The number of rotatable bonds is 5. The molecule has 27 heavy (non-hydrogen) atoms. The van der Waals surface area contributed by atoms with Crippen molar-refractivity contribution >= 4 is 58.2 Å². The molecule has 0 aliphatic heterocycles. The molecule has 0 fully saturated rings. The molecule has 10 heteroatoms. The van der Waals surface area contributed by atoms with Crippen LogP contribution >= 0.6 is 46.6 Å². The highest BCUT2D eigenvalue weighted by atomic mass is 35.5. The molecule has 3 aromatic rings. The molecule has 3 N–H and O–H groups in total. The molecule has 0 saturated carbocycles. The summed E-state index contributed by atoms with van der Waals surface area (Å²) >= 11 is 19.2. The number of nitrogens with zero attached hydrogens (tertiary/aromatic N) is 3. The van der Waals surface area contributed by atoms with Gasteiger partial charge in [-0.25, -0.2) is 4.68 Å². The highest BCUT2D eigenvalue weighted by Crippen LogP contribution is 2.31. The lowest BCUT2D eigenvalue weighted by Crippen LogP contribution is -2.23. The Bertz CT molecular complexity index is 977. The van der Waals surface area contributed by atoms with Gasteiger partial charge in [0, 0.05) is 21.3 Å². The molecule has 3 rings (SSSR count). The van der Waals surface area contributed by atoms with Crippen LogP contribution in [0.15, 0.2) is 47.6 Å². The summed E-state index contributed by atoms with van der Waals surface area (Å²) < 4.78 is 1.29. The smallest absolute Gasteiger partial charge is 0.237 e. The predicted octanol–water partition coefficient (Wildman–Crippen LogP) is 4.74. The van der Waals surface area contributed by atoms with E-state index < -0.39 is 5.25 Å². The van der Waals surface area contributed by atoms with Crippen LogP contribution in [0.4, 0.5) is 5.69 Å². The van der Waals surface area contributed by atoms with Gasteiger partial charge < -0.3 is 11.2 Å². The average Bonchev–Trinajstić information content (AvgIpc) is 2.99. The molecule has 1 aromatic heterocycles. The second-order valence-electron chi connectivity index (χ2n) is 5.56. The van der Waals surface area contributed by atoms with Gasteiger partial charge >= 0.3 is 0 Å². The number of hydrogen-bond acceptors (Lipinski definition) is 5. The second kappa shape index (κ2) is 8.39. The van der Waals surface area contributed by atoms with Crippen molar-refractivity contribution in [1.82, 2.24) is 14.9 Å². The summed E-state index contributed by atoms with van der Waals surface area (Å²) in [5, 5.41) is 12.4. The SMILES string of the molecule is CC(Sc1nnc(-c2cc(Cl)ccc2Cl)n1N)C(=O)Nc1ccc(Cl)cc1. The number of benzene rings is 2. The van der Waals surface area contributed by atoms with E-state index >= 15 is 0 Å². The van der Waals surface area contributed by atoms with Crippen molar-refractivity contribution in [2.75, 3.05) is 11.2 Å². The van der Waals surface area contributed by atoms with Gasteiger partial charge in [0.2, 0.25) is 11.1 Å². The molecule has 1 amide bonds. The first kappa shape index (κ1) is 19.8. The molecular formula is C17H14Cl3N5OS. The van der Waals surface area contributed by atoms with Gasteiger partial charge in [0.05, 0.1) is 10.3 Å². The maximum absolute atomic E-state index is 12.4. The molecule has 1 unspecified atom stereocenters. The zero-order valence-corrected chi connectivity index (χ0v) is 17.1. The summed E-state index contributed by atoms with van der Waals surface area (Å²) in [6.07, 6.45) is 0. The fourth-order valence-electron chi connectivity index (χ4n) is 2.20. The summed E-state index contributed by atoms with van der Waals surface area (Å²) in [5.41, 5.74) is 1.21. The molecule has 0 aliphatic carbocycles. The number of hydrogen-bond donors (Lipinski definition) is 2. The van der Waals surface area contributed by atoms with E-state index in [9.17, 15) is 4.79 Å². The zero-order valence-electron chi connectivity index (χ0n) is 14.0. The van der Waals surface area contributed by atoms with Crippen LogP contribution in [0.2, 0.25) is 15.1 Å². The van der Waals surface area contributed by atoms with Gasteiger partial charge in [0.25, 0.3) is 0 Å². The number of halogens is 3. The summed E-state index contributed by atoms with van der Waals surface area (Å²) in [6, 6.07) is 11.8. The van der Waals surface area contributed by atoms with Gasteiger partial charge in [-0.2, -0.15) is 0 Å². The molecule has 1 heterocycles. The number of nitrogen functional groups attached to an aromatic ring is 1. The highest BCUT2D eigenvalue weighted by molar-refractivity contribution is 8.00. The van der Waals surface area contributed by atoms with Gasteiger partial charge in [-0.15, -0.1) is 10.2 Å². The molecular weight excluding hydrogens is 429 g/mol. The molecule has 0 spiro atoms. The Morgan fingerprint density at radius 2 is 1.78 bits per heavy atom. The Morgan fingerprint density at radius 3 is 2.48 bits per heavy atom. The Balaban J connectivity index is 1.74. The van der Waals surface area contributed by atoms with Crippen molar-refractivity contribution in [2.45, 2.75) is 17.3 Å². The van der Waals surface area contributed by atoms with Gasteiger partial charge in [-0.05, 0) is 49.4 Å². The average molecular weight is 443 g/mol.